The number of rotatable bonds is 4. The number of methoxy groups -OCH3 is 1. The van der Waals surface area contributed by atoms with Crippen LogP contribution >= 0.6 is 0 Å². The molecular formula is C13H19N3O. The first-order valence-corrected chi connectivity index (χ1v) is 6.30. The van der Waals surface area contributed by atoms with Gasteiger partial charge in [-0.05, 0) is 42.2 Å². The first-order chi connectivity index (χ1) is 8.35. The Labute approximate surface area is 102 Å². The monoisotopic (exact) mass is 233 g/mol. The third kappa shape index (κ3) is 1.81. The van der Waals surface area contributed by atoms with Crippen molar-refractivity contribution in [1.82, 2.24) is 10.4 Å². The number of hydrogen-bond donors (Lipinski definition) is 2. The van der Waals surface area contributed by atoms with Crippen molar-refractivity contribution >= 4 is 0 Å². The molecule has 2 aliphatic rings. The minimum Gasteiger partial charge on any atom is -0.495 e. The first-order valence-electron chi connectivity index (χ1n) is 6.30. The molecule has 2 aliphatic carbocycles. The van der Waals surface area contributed by atoms with Gasteiger partial charge in [0, 0.05) is 6.20 Å². The second-order valence-corrected chi connectivity index (χ2v) is 5.14. The summed E-state index contributed by atoms with van der Waals surface area (Å²) in [5.74, 6) is 8.97. The summed E-state index contributed by atoms with van der Waals surface area (Å²) in [7, 11) is 1.66. The highest BCUT2D eigenvalue weighted by molar-refractivity contribution is 5.28. The molecule has 3 N–H and O–H groups in total. The number of nitrogens with zero attached hydrogens (tertiary/aromatic N) is 1. The third-order valence-electron chi connectivity index (χ3n) is 4.37. The molecule has 3 unspecified atom stereocenters. The molecule has 1 heterocycles. The summed E-state index contributed by atoms with van der Waals surface area (Å²) in [6, 6.07) is 2.26. The summed E-state index contributed by atoms with van der Waals surface area (Å²) >= 11 is 0. The zero-order chi connectivity index (χ0) is 11.8. The van der Waals surface area contributed by atoms with E-state index in [9.17, 15) is 0 Å². The van der Waals surface area contributed by atoms with E-state index in [1.165, 1.54) is 19.3 Å². The van der Waals surface area contributed by atoms with Gasteiger partial charge in [0.15, 0.2) is 0 Å². The van der Waals surface area contributed by atoms with Gasteiger partial charge in [0.25, 0.3) is 0 Å². The molecule has 0 aliphatic heterocycles. The second kappa shape index (κ2) is 4.27. The van der Waals surface area contributed by atoms with Crippen LogP contribution in [0.15, 0.2) is 18.5 Å². The van der Waals surface area contributed by atoms with Gasteiger partial charge in [-0.15, -0.1) is 0 Å². The molecule has 17 heavy (non-hydrogen) atoms. The van der Waals surface area contributed by atoms with Gasteiger partial charge in [-0.3, -0.25) is 16.3 Å². The van der Waals surface area contributed by atoms with Crippen molar-refractivity contribution in [3.8, 4) is 5.75 Å². The number of hydrogen-bond acceptors (Lipinski definition) is 4. The Morgan fingerprint density at radius 1 is 1.41 bits per heavy atom. The molecule has 2 saturated carbocycles. The van der Waals surface area contributed by atoms with Crippen molar-refractivity contribution in [2.24, 2.45) is 23.6 Å². The van der Waals surface area contributed by atoms with E-state index < -0.39 is 0 Å². The third-order valence-corrected chi connectivity index (χ3v) is 4.37. The predicted octanol–water partition coefficient (Wildman–Crippen LogP) is 1.64. The Bertz CT molecular complexity index is 399. The van der Waals surface area contributed by atoms with E-state index in [1.807, 2.05) is 12.3 Å². The van der Waals surface area contributed by atoms with Crippen LogP contribution in [-0.4, -0.2) is 12.1 Å². The molecule has 0 saturated heterocycles. The van der Waals surface area contributed by atoms with Gasteiger partial charge in [0.2, 0.25) is 0 Å². The minimum absolute atomic E-state index is 0.230. The Morgan fingerprint density at radius 3 is 2.82 bits per heavy atom. The molecule has 3 rings (SSSR count). The summed E-state index contributed by atoms with van der Waals surface area (Å²) in [5, 5.41) is 0. The topological polar surface area (TPSA) is 60.2 Å². The standard InChI is InChI=1S/C13H19N3O/c1-17-9-5-8(6-15-7-9)13(16-14)12-10-3-2-4-11(10)12/h5-7,10-13,16H,2-4,14H2,1H3. The van der Waals surface area contributed by atoms with Crippen LogP contribution in [0.25, 0.3) is 0 Å². The molecule has 1 aromatic heterocycles. The number of pyridine rings is 1. The van der Waals surface area contributed by atoms with Crippen molar-refractivity contribution in [3.63, 3.8) is 0 Å². The smallest absolute Gasteiger partial charge is 0.137 e. The average Bonchev–Trinajstić information content (AvgIpc) is 2.85. The zero-order valence-corrected chi connectivity index (χ0v) is 10.1. The highest BCUT2D eigenvalue weighted by Gasteiger charge is 2.56. The zero-order valence-electron chi connectivity index (χ0n) is 10.1. The largest absolute Gasteiger partial charge is 0.495 e. The van der Waals surface area contributed by atoms with Crippen LogP contribution in [0.2, 0.25) is 0 Å². The number of hydrazine groups is 1. The van der Waals surface area contributed by atoms with Crippen LogP contribution in [0.3, 0.4) is 0 Å². The number of fused-ring (bicyclic) bond motifs is 1. The van der Waals surface area contributed by atoms with E-state index in [1.54, 1.807) is 13.3 Å². The van der Waals surface area contributed by atoms with E-state index in [0.717, 1.165) is 23.1 Å². The maximum absolute atomic E-state index is 5.72. The van der Waals surface area contributed by atoms with Gasteiger partial charge in [0.05, 0.1) is 19.3 Å². The molecule has 1 aromatic rings. The van der Waals surface area contributed by atoms with Crippen LogP contribution < -0.4 is 16.0 Å². The van der Waals surface area contributed by atoms with Crippen LogP contribution in [-0.2, 0) is 0 Å². The van der Waals surface area contributed by atoms with Gasteiger partial charge in [-0.2, -0.15) is 0 Å². The lowest BCUT2D eigenvalue weighted by Gasteiger charge is -2.18. The first kappa shape index (κ1) is 11.0. The lowest BCUT2D eigenvalue weighted by molar-refractivity contribution is 0.402. The molecular weight excluding hydrogens is 214 g/mol. The lowest BCUT2D eigenvalue weighted by Crippen LogP contribution is -2.30. The average molecular weight is 233 g/mol. The van der Waals surface area contributed by atoms with Crippen molar-refractivity contribution in [2.45, 2.75) is 25.3 Å². The molecule has 4 heteroatoms. The van der Waals surface area contributed by atoms with E-state index in [0.29, 0.717) is 5.92 Å². The van der Waals surface area contributed by atoms with Gasteiger partial charge in [-0.1, -0.05) is 6.42 Å². The SMILES string of the molecule is COc1cncc(C(NN)C2C3CCCC32)c1. The van der Waals surface area contributed by atoms with Crippen LogP contribution in [0.1, 0.15) is 30.9 Å². The number of ether oxygens (including phenoxy) is 1. The van der Waals surface area contributed by atoms with Crippen LogP contribution in [0.4, 0.5) is 0 Å². The van der Waals surface area contributed by atoms with Crippen molar-refractivity contribution in [1.29, 1.82) is 0 Å². The molecule has 0 amide bonds. The fraction of sp³-hybridized carbons (Fsp3) is 0.615. The summed E-state index contributed by atoms with van der Waals surface area (Å²) in [5.41, 5.74) is 4.11. The summed E-state index contributed by atoms with van der Waals surface area (Å²) in [4.78, 5) is 4.21. The predicted molar refractivity (Wildman–Crippen MR) is 65.2 cm³/mol. The van der Waals surface area contributed by atoms with Crippen molar-refractivity contribution < 1.29 is 4.74 Å². The van der Waals surface area contributed by atoms with Crippen LogP contribution in [0, 0.1) is 17.8 Å². The molecule has 4 nitrogen and oxygen atoms in total. The van der Waals surface area contributed by atoms with Gasteiger partial charge in [0.1, 0.15) is 5.75 Å². The van der Waals surface area contributed by atoms with Crippen molar-refractivity contribution in [3.05, 3.63) is 24.0 Å². The molecule has 0 spiro atoms. The van der Waals surface area contributed by atoms with Gasteiger partial charge in [-0.25, -0.2) is 0 Å². The maximum Gasteiger partial charge on any atom is 0.137 e. The molecule has 92 valence electrons. The van der Waals surface area contributed by atoms with E-state index in [-0.39, 0.29) is 6.04 Å². The number of nitrogens with one attached hydrogen (secondary N) is 1. The number of aromatic nitrogens is 1. The van der Waals surface area contributed by atoms with Crippen molar-refractivity contribution in [2.75, 3.05) is 7.11 Å². The van der Waals surface area contributed by atoms with Crippen LogP contribution in [0.5, 0.6) is 5.75 Å². The fourth-order valence-electron chi connectivity index (χ4n) is 3.52. The highest BCUT2D eigenvalue weighted by Crippen LogP contribution is 2.62. The summed E-state index contributed by atoms with van der Waals surface area (Å²) < 4.78 is 5.21. The van der Waals surface area contributed by atoms with Gasteiger partial charge >= 0.3 is 0 Å². The Hall–Kier alpha value is -1.13. The van der Waals surface area contributed by atoms with E-state index in [4.69, 9.17) is 10.6 Å². The number of nitrogens with two attached hydrogens (primary N) is 1. The van der Waals surface area contributed by atoms with Gasteiger partial charge < -0.3 is 4.74 Å². The fourth-order valence-corrected chi connectivity index (χ4v) is 3.52. The Balaban J connectivity index is 1.80. The minimum atomic E-state index is 0.230. The highest BCUT2D eigenvalue weighted by atomic mass is 16.5. The summed E-state index contributed by atoms with van der Waals surface area (Å²) in [6.07, 6.45) is 7.74. The Kier molecular flexibility index (Phi) is 2.76. The van der Waals surface area contributed by atoms with E-state index in [2.05, 4.69) is 10.4 Å². The molecule has 0 bridgehead atoms. The summed E-state index contributed by atoms with van der Waals surface area (Å²) in [6.45, 7) is 0. The maximum atomic E-state index is 5.72. The second-order valence-electron chi connectivity index (χ2n) is 5.14. The molecule has 0 aromatic carbocycles. The lowest BCUT2D eigenvalue weighted by atomic mass is 9.99. The van der Waals surface area contributed by atoms with E-state index >= 15 is 0 Å². The molecule has 0 radical (unpaired) electrons. The quantitative estimate of drug-likeness (QED) is 0.613. The normalized spacial score (nSPS) is 32.0. The Morgan fingerprint density at radius 2 is 2.18 bits per heavy atom. The molecule has 3 atom stereocenters. The molecule has 2 fully saturated rings.